The number of carbonyl (C=O) groups is 2. The standard InChI is InChI=1S/C17H28N4O3/c1-4-20-15(17(23)24-3)11-13-5-7-14(8-6-13)21(10-9-18)16(22)12-19-2/h5-8,15,19-20H,4,9-12,18H2,1-3H3. The Balaban J connectivity index is 2.85. The van der Waals surface area contributed by atoms with Gasteiger partial charge in [-0.2, -0.15) is 0 Å². The van der Waals surface area contributed by atoms with E-state index in [0.29, 0.717) is 26.1 Å². The molecule has 24 heavy (non-hydrogen) atoms. The van der Waals surface area contributed by atoms with Crippen molar-refractivity contribution in [1.29, 1.82) is 0 Å². The largest absolute Gasteiger partial charge is 0.468 e. The van der Waals surface area contributed by atoms with Crippen molar-refractivity contribution < 1.29 is 14.3 Å². The number of ether oxygens (including phenoxy) is 1. The molecule has 1 amide bonds. The van der Waals surface area contributed by atoms with Gasteiger partial charge in [-0.3, -0.25) is 9.59 Å². The number of hydrogen-bond acceptors (Lipinski definition) is 6. The van der Waals surface area contributed by atoms with E-state index in [-0.39, 0.29) is 24.5 Å². The highest BCUT2D eigenvalue weighted by atomic mass is 16.5. The molecule has 1 aromatic carbocycles. The van der Waals surface area contributed by atoms with Gasteiger partial charge >= 0.3 is 5.97 Å². The van der Waals surface area contributed by atoms with Crippen molar-refractivity contribution in [3.63, 3.8) is 0 Å². The molecular formula is C17H28N4O3. The van der Waals surface area contributed by atoms with Gasteiger partial charge in [-0.25, -0.2) is 0 Å². The second kappa shape index (κ2) is 10.7. The van der Waals surface area contributed by atoms with Gasteiger partial charge in [-0.05, 0) is 37.7 Å². The number of likely N-dealkylation sites (N-methyl/N-ethyl adjacent to an activating group) is 2. The van der Waals surface area contributed by atoms with Crippen LogP contribution in [0.25, 0.3) is 0 Å². The fraction of sp³-hybridized carbons (Fsp3) is 0.529. The van der Waals surface area contributed by atoms with Gasteiger partial charge in [0, 0.05) is 18.8 Å². The van der Waals surface area contributed by atoms with Gasteiger partial charge in [0.1, 0.15) is 6.04 Å². The summed E-state index contributed by atoms with van der Waals surface area (Å²) in [5, 5.41) is 5.97. The van der Waals surface area contributed by atoms with Crippen LogP contribution in [0.2, 0.25) is 0 Å². The Labute approximate surface area is 143 Å². The van der Waals surface area contributed by atoms with Crippen molar-refractivity contribution in [2.45, 2.75) is 19.4 Å². The maximum absolute atomic E-state index is 12.1. The minimum absolute atomic E-state index is 0.0317. The van der Waals surface area contributed by atoms with E-state index in [9.17, 15) is 9.59 Å². The monoisotopic (exact) mass is 336 g/mol. The lowest BCUT2D eigenvalue weighted by atomic mass is 10.1. The first-order chi connectivity index (χ1) is 11.6. The van der Waals surface area contributed by atoms with Crippen LogP contribution in [0.5, 0.6) is 0 Å². The Hall–Kier alpha value is -1.96. The molecule has 0 radical (unpaired) electrons. The third-order valence-electron chi connectivity index (χ3n) is 3.61. The molecule has 0 heterocycles. The van der Waals surface area contributed by atoms with Gasteiger partial charge < -0.3 is 26.0 Å². The lowest BCUT2D eigenvalue weighted by molar-refractivity contribution is -0.143. The number of amides is 1. The van der Waals surface area contributed by atoms with E-state index in [0.717, 1.165) is 11.3 Å². The van der Waals surface area contributed by atoms with Crippen LogP contribution in [0.1, 0.15) is 12.5 Å². The summed E-state index contributed by atoms with van der Waals surface area (Å²) in [6.45, 7) is 3.73. The molecule has 0 bridgehead atoms. The quantitative estimate of drug-likeness (QED) is 0.516. The van der Waals surface area contributed by atoms with Gasteiger partial charge in [0.2, 0.25) is 5.91 Å². The summed E-state index contributed by atoms with van der Waals surface area (Å²) in [7, 11) is 3.11. The Morgan fingerprint density at radius 2 is 1.96 bits per heavy atom. The van der Waals surface area contributed by atoms with Crippen LogP contribution in [0.15, 0.2) is 24.3 Å². The summed E-state index contributed by atoms with van der Waals surface area (Å²) in [6.07, 6.45) is 0.530. The van der Waals surface area contributed by atoms with Gasteiger partial charge in [0.15, 0.2) is 0 Å². The van der Waals surface area contributed by atoms with E-state index >= 15 is 0 Å². The van der Waals surface area contributed by atoms with Crippen LogP contribution in [0, 0.1) is 0 Å². The molecule has 0 saturated heterocycles. The molecule has 0 aliphatic carbocycles. The van der Waals surface area contributed by atoms with Crippen LogP contribution in [-0.2, 0) is 20.7 Å². The van der Waals surface area contributed by atoms with Crippen molar-refractivity contribution >= 4 is 17.6 Å². The number of carbonyl (C=O) groups excluding carboxylic acids is 2. The molecule has 1 unspecified atom stereocenters. The van der Waals surface area contributed by atoms with Crippen molar-refractivity contribution in [3.05, 3.63) is 29.8 Å². The Kier molecular flexibility index (Phi) is 8.99. The fourth-order valence-electron chi connectivity index (χ4n) is 2.45. The Morgan fingerprint density at radius 1 is 1.29 bits per heavy atom. The Bertz CT molecular complexity index is 519. The SMILES string of the molecule is CCNC(Cc1ccc(N(CCN)C(=O)CNC)cc1)C(=O)OC. The normalized spacial score (nSPS) is 11.8. The predicted octanol–water partition coefficient (Wildman–Crippen LogP) is -0.109. The van der Waals surface area contributed by atoms with Crippen LogP contribution < -0.4 is 21.3 Å². The molecule has 0 aromatic heterocycles. The molecule has 0 aliphatic heterocycles. The van der Waals surface area contributed by atoms with Crippen LogP contribution in [-0.4, -0.2) is 58.3 Å². The van der Waals surface area contributed by atoms with E-state index in [1.54, 1.807) is 11.9 Å². The van der Waals surface area contributed by atoms with E-state index in [4.69, 9.17) is 10.5 Å². The summed E-state index contributed by atoms with van der Waals surface area (Å²) in [6, 6.07) is 7.20. The number of nitrogens with zero attached hydrogens (tertiary/aromatic N) is 1. The first-order valence-corrected chi connectivity index (χ1v) is 8.12. The zero-order valence-corrected chi connectivity index (χ0v) is 14.7. The summed E-state index contributed by atoms with van der Waals surface area (Å²) >= 11 is 0. The number of hydrogen-bond donors (Lipinski definition) is 3. The van der Waals surface area contributed by atoms with Gasteiger partial charge in [0.25, 0.3) is 0 Å². The maximum Gasteiger partial charge on any atom is 0.323 e. The Morgan fingerprint density at radius 3 is 2.46 bits per heavy atom. The first kappa shape index (κ1) is 20.1. The number of benzene rings is 1. The maximum atomic E-state index is 12.1. The van der Waals surface area contributed by atoms with E-state index < -0.39 is 0 Å². The first-order valence-electron chi connectivity index (χ1n) is 8.12. The third kappa shape index (κ3) is 5.92. The molecular weight excluding hydrogens is 308 g/mol. The molecule has 4 N–H and O–H groups in total. The smallest absolute Gasteiger partial charge is 0.323 e. The zero-order valence-electron chi connectivity index (χ0n) is 14.7. The lowest BCUT2D eigenvalue weighted by Crippen LogP contribution is -2.40. The lowest BCUT2D eigenvalue weighted by Gasteiger charge is -2.22. The second-order valence-corrected chi connectivity index (χ2v) is 5.37. The molecule has 1 atom stereocenters. The second-order valence-electron chi connectivity index (χ2n) is 5.37. The summed E-state index contributed by atoms with van der Waals surface area (Å²) in [5.74, 6) is -0.314. The van der Waals surface area contributed by atoms with Crippen molar-refractivity contribution in [3.8, 4) is 0 Å². The minimum atomic E-state index is -0.378. The summed E-state index contributed by atoms with van der Waals surface area (Å²) < 4.78 is 4.81. The molecule has 1 rings (SSSR count). The number of esters is 1. The van der Waals surface area contributed by atoms with Gasteiger partial charge in [-0.15, -0.1) is 0 Å². The number of nitrogens with two attached hydrogens (primary N) is 1. The fourth-order valence-corrected chi connectivity index (χ4v) is 2.45. The zero-order chi connectivity index (χ0) is 17.9. The van der Waals surface area contributed by atoms with Crippen LogP contribution in [0.4, 0.5) is 5.69 Å². The number of anilines is 1. The topological polar surface area (TPSA) is 96.7 Å². The van der Waals surface area contributed by atoms with E-state index in [1.165, 1.54) is 7.11 Å². The molecule has 0 saturated carbocycles. The third-order valence-corrected chi connectivity index (χ3v) is 3.61. The molecule has 134 valence electrons. The summed E-state index contributed by atoms with van der Waals surface area (Å²) in [4.78, 5) is 25.6. The van der Waals surface area contributed by atoms with Crippen molar-refractivity contribution in [2.24, 2.45) is 5.73 Å². The predicted molar refractivity (Wildman–Crippen MR) is 95.0 cm³/mol. The molecule has 7 nitrogen and oxygen atoms in total. The molecule has 0 aliphatic rings. The number of nitrogens with one attached hydrogen (secondary N) is 2. The van der Waals surface area contributed by atoms with Crippen LogP contribution >= 0.6 is 0 Å². The van der Waals surface area contributed by atoms with Gasteiger partial charge in [-0.1, -0.05) is 19.1 Å². The minimum Gasteiger partial charge on any atom is -0.468 e. The highest BCUT2D eigenvalue weighted by molar-refractivity contribution is 5.94. The highest BCUT2D eigenvalue weighted by Gasteiger charge is 2.19. The number of rotatable bonds is 10. The van der Waals surface area contributed by atoms with E-state index in [1.807, 2.05) is 31.2 Å². The summed E-state index contributed by atoms with van der Waals surface area (Å²) in [5.41, 5.74) is 7.39. The molecule has 7 heteroatoms. The average molecular weight is 336 g/mol. The van der Waals surface area contributed by atoms with Crippen LogP contribution in [0.3, 0.4) is 0 Å². The average Bonchev–Trinajstić information content (AvgIpc) is 2.59. The number of methoxy groups -OCH3 is 1. The molecule has 0 fully saturated rings. The molecule has 0 spiro atoms. The van der Waals surface area contributed by atoms with Crippen molar-refractivity contribution in [1.82, 2.24) is 10.6 Å². The van der Waals surface area contributed by atoms with Gasteiger partial charge in [0.05, 0.1) is 13.7 Å². The van der Waals surface area contributed by atoms with Crippen molar-refractivity contribution in [2.75, 3.05) is 45.2 Å². The van der Waals surface area contributed by atoms with E-state index in [2.05, 4.69) is 10.6 Å². The molecule has 1 aromatic rings. The highest BCUT2D eigenvalue weighted by Crippen LogP contribution is 2.16.